The summed E-state index contributed by atoms with van der Waals surface area (Å²) in [5, 5.41) is 60.5. The van der Waals surface area contributed by atoms with Gasteiger partial charge in [0.05, 0.1) is 26.9 Å². The highest BCUT2D eigenvalue weighted by molar-refractivity contribution is 5.45. The van der Waals surface area contributed by atoms with Crippen molar-refractivity contribution >= 4 is 0 Å². The Kier molecular flexibility index (Phi) is 8.14. The second-order valence-corrected chi connectivity index (χ2v) is 7.66. The van der Waals surface area contributed by atoms with E-state index in [9.17, 15) is 30.6 Å². The lowest BCUT2D eigenvalue weighted by atomic mass is 9.98. The second-order valence-electron chi connectivity index (χ2n) is 7.66. The molecule has 0 aliphatic carbocycles. The molecule has 0 saturated carbocycles. The van der Waals surface area contributed by atoms with Gasteiger partial charge in [0.1, 0.15) is 48.5 Å². The zero-order valence-corrected chi connectivity index (χ0v) is 17.8. The van der Waals surface area contributed by atoms with Crippen LogP contribution in [0.1, 0.15) is 6.92 Å². The molecule has 10 atom stereocenters. The largest absolute Gasteiger partial charge is 0.493 e. The first-order chi connectivity index (χ1) is 15.2. The number of rotatable bonds is 7. The lowest BCUT2D eigenvalue weighted by Crippen LogP contribution is -2.61. The van der Waals surface area contributed by atoms with Crippen molar-refractivity contribution in [1.29, 1.82) is 0 Å². The van der Waals surface area contributed by atoms with E-state index in [2.05, 4.69) is 0 Å². The van der Waals surface area contributed by atoms with E-state index in [0.717, 1.165) is 0 Å². The molecule has 2 aliphatic heterocycles. The van der Waals surface area contributed by atoms with Gasteiger partial charge < -0.3 is 59.1 Å². The average Bonchev–Trinajstić information content (AvgIpc) is 2.79. The number of hydrogen-bond donors (Lipinski definition) is 6. The molecule has 0 radical (unpaired) electrons. The van der Waals surface area contributed by atoms with Crippen molar-refractivity contribution in [3.63, 3.8) is 0 Å². The molecule has 0 aromatic heterocycles. The predicted octanol–water partition coefficient (Wildman–Crippen LogP) is -2.27. The minimum absolute atomic E-state index is 0.243. The Morgan fingerprint density at radius 2 is 1.38 bits per heavy atom. The van der Waals surface area contributed by atoms with Gasteiger partial charge in [0.25, 0.3) is 0 Å². The quantitative estimate of drug-likeness (QED) is 0.257. The Morgan fingerprint density at radius 3 is 2.03 bits per heavy atom. The maximum Gasteiger partial charge on any atom is 0.229 e. The fraction of sp³-hybridized carbons (Fsp3) is 0.700. The van der Waals surface area contributed by atoms with Crippen molar-refractivity contribution in [3.05, 3.63) is 18.2 Å². The molecule has 0 amide bonds. The van der Waals surface area contributed by atoms with E-state index in [-0.39, 0.29) is 12.4 Å². The third kappa shape index (κ3) is 5.09. The Bertz CT molecular complexity index is 747. The normalized spacial score (nSPS) is 40.0. The summed E-state index contributed by atoms with van der Waals surface area (Å²) in [6.07, 6.45) is -13.7. The Labute approximate surface area is 184 Å². The summed E-state index contributed by atoms with van der Waals surface area (Å²) in [6, 6.07) is 4.62. The SMILES string of the molecule is COc1ccc(O[C@H]2O[C@@H](CO[C@@H]3O[C@@H](C)[C@H](O)[C@@H](O)[C@H]3O)[C@H](O)[C@@H](O)[C@@H]2O)cc1OC. The van der Waals surface area contributed by atoms with E-state index in [4.69, 9.17) is 28.4 Å². The fourth-order valence-electron chi connectivity index (χ4n) is 3.52. The summed E-state index contributed by atoms with van der Waals surface area (Å²) in [5.74, 6) is 1.07. The number of benzene rings is 1. The third-order valence-electron chi connectivity index (χ3n) is 5.51. The van der Waals surface area contributed by atoms with Crippen LogP contribution in [0.2, 0.25) is 0 Å². The van der Waals surface area contributed by atoms with E-state index < -0.39 is 61.4 Å². The van der Waals surface area contributed by atoms with Crippen LogP contribution in [0.5, 0.6) is 17.2 Å². The van der Waals surface area contributed by atoms with Gasteiger partial charge in [-0.05, 0) is 19.1 Å². The summed E-state index contributed by atoms with van der Waals surface area (Å²) in [6.45, 7) is 1.11. The molecule has 2 heterocycles. The molecule has 3 rings (SSSR count). The van der Waals surface area contributed by atoms with Gasteiger partial charge in [0.2, 0.25) is 6.29 Å². The first-order valence-corrected chi connectivity index (χ1v) is 10.1. The summed E-state index contributed by atoms with van der Waals surface area (Å²) < 4.78 is 32.3. The van der Waals surface area contributed by atoms with E-state index >= 15 is 0 Å². The van der Waals surface area contributed by atoms with Gasteiger partial charge in [0.15, 0.2) is 17.8 Å². The Hall–Kier alpha value is -1.74. The molecule has 32 heavy (non-hydrogen) atoms. The molecular formula is C20H30O12. The van der Waals surface area contributed by atoms with Crippen molar-refractivity contribution < 1.29 is 59.1 Å². The van der Waals surface area contributed by atoms with Gasteiger partial charge in [-0.3, -0.25) is 0 Å². The molecule has 6 N–H and O–H groups in total. The molecular weight excluding hydrogens is 432 g/mol. The molecule has 0 spiro atoms. The van der Waals surface area contributed by atoms with Crippen LogP contribution in [0.25, 0.3) is 0 Å². The minimum atomic E-state index is -1.62. The molecule has 1 aromatic carbocycles. The highest BCUT2D eigenvalue weighted by Gasteiger charge is 2.47. The molecule has 1 aromatic rings. The molecule has 0 unspecified atom stereocenters. The van der Waals surface area contributed by atoms with Gasteiger partial charge in [-0.15, -0.1) is 0 Å². The monoisotopic (exact) mass is 462 g/mol. The molecule has 182 valence electrons. The van der Waals surface area contributed by atoms with Gasteiger partial charge in [-0.1, -0.05) is 0 Å². The molecule has 2 aliphatic rings. The number of hydrogen-bond acceptors (Lipinski definition) is 12. The van der Waals surface area contributed by atoms with Gasteiger partial charge in [-0.25, -0.2) is 0 Å². The van der Waals surface area contributed by atoms with Crippen LogP contribution < -0.4 is 14.2 Å². The van der Waals surface area contributed by atoms with Crippen molar-refractivity contribution in [2.24, 2.45) is 0 Å². The van der Waals surface area contributed by atoms with E-state index in [1.54, 1.807) is 12.1 Å². The van der Waals surface area contributed by atoms with E-state index in [1.807, 2.05) is 0 Å². The van der Waals surface area contributed by atoms with Crippen LogP contribution in [0.15, 0.2) is 18.2 Å². The zero-order valence-electron chi connectivity index (χ0n) is 17.8. The van der Waals surface area contributed by atoms with Gasteiger partial charge in [-0.2, -0.15) is 0 Å². The van der Waals surface area contributed by atoms with E-state index in [0.29, 0.717) is 11.5 Å². The van der Waals surface area contributed by atoms with Crippen molar-refractivity contribution in [2.75, 3.05) is 20.8 Å². The summed E-state index contributed by atoms with van der Waals surface area (Å²) in [7, 11) is 2.92. The summed E-state index contributed by atoms with van der Waals surface area (Å²) in [5.41, 5.74) is 0. The second kappa shape index (κ2) is 10.5. The summed E-state index contributed by atoms with van der Waals surface area (Å²) >= 11 is 0. The summed E-state index contributed by atoms with van der Waals surface area (Å²) in [4.78, 5) is 0. The smallest absolute Gasteiger partial charge is 0.229 e. The molecule has 2 saturated heterocycles. The average molecular weight is 462 g/mol. The fourth-order valence-corrected chi connectivity index (χ4v) is 3.52. The van der Waals surface area contributed by atoms with Crippen LogP contribution in [0.3, 0.4) is 0 Å². The van der Waals surface area contributed by atoms with Crippen molar-refractivity contribution in [1.82, 2.24) is 0 Å². The predicted molar refractivity (Wildman–Crippen MR) is 105 cm³/mol. The lowest BCUT2D eigenvalue weighted by Gasteiger charge is -2.42. The molecule has 2 fully saturated rings. The Morgan fingerprint density at radius 1 is 0.750 bits per heavy atom. The van der Waals surface area contributed by atoms with Crippen LogP contribution in [-0.4, -0.2) is 113 Å². The van der Waals surface area contributed by atoms with Crippen LogP contribution in [0.4, 0.5) is 0 Å². The molecule has 12 nitrogen and oxygen atoms in total. The van der Waals surface area contributed by atoms with Crippen LogP contribution in [-0.2, 0) is 14.2 Å². The zero-order chi connectivity index (χ0) is 23.6. The highest BCUT2D eigenvalue weighted by atomic mass is 16.7. The van der Waals surface area contributed by atoms with Gasteiger partial charge >= 0.3 is 0 Å². The third-order valence-corrected chi connectivity index (χ3v) is 5.51. The maximum atomic E-state index is 10.3. The van der Waals surface area contributed by atoms with Gasteiger partial charge in [0, 0.05) is 6.07 Å². The number of methoxy groups -OCH3 is 2. The highest BCUT2D eigenvalue weighted by Crippen LogP contribution is 2.33. The van der Waals surface area contributed by atoms with Crippen LogP contribution in [0, 0.1) is 0 Å². The first kappa shape index (κ1) is 24.9. The van der Waals surface area contributed by atoms with Crippen molar-refractivity contribution in [2.45, 2.75) is 68.3 Å². The number of aliphatic hydroxyl groups is 6. The van der Waals surface area contributed by atoms with Crippen LogP contribution >= 0.6 is 0 Å². The van der Waals surface area contributed by atoms with Crippen molar-refractivity contribution in [3.8, 4) is 17.2 Å². The topological polar surface area (TPSA) is 177 Å². The first-order valence-electron chi connectivity index (χ1n) is 10.1. The minimum Gasteiger partial charge on any atom is -0.493 e. The standard InChI is InChI=1S/C20H30O12/c1-8-13(21)15(23)17(25)19(30-8)29-7-12-14(22)16(24)18(26)20(32-12)31-9-4-5-10(27-2)11(6-9)28-3/h4-6,8,12-26H,7H2,1-3H3/t8-,12-,13-,14-,15+,16+,17+,18-,19+,20-/m0/s1. The number of ether oxygens (including phenoxy) is 6. The maximum absolute atomic E-state index is 10.3. The molecule has 12 heteroatoms. The Balaban J connectivity index is 1.66. The molecule has 0 bridgehead atoms. The lowest BCUT2D eigenvalue weighted by molar-refractivity contribution is -0.318. The van der Waals surface area contributed by atoms with E-state index in [1.165, 1.54) is 27.2 Å². The number of aliphatic hydroxyl groups excluding tert-OH is 6.